The highest BCUT2D eigenvalue weighted by Crippen LogP contribution is 2.36. The maximum absolute atomic E-state index is 12.5. The van der Waals surface area contributed by atoms with Crippen LogP contribution in [0, 0.1) is 0 Å². The van der Waals surface area contributed by atoms with Gasteiger partial charge < -0.3 is 0 Å². The number of thioether (sulfide) groups is 1. The van der Waals surface area contributed by atoms with Gasteiger partial charge in [0.15, 0.2) is 4.32 Å². The standard InChI is InChI=1S/C16H10ClNOS2/c17-12-6-8-13(9-7-12)18-15(19)14(21-16(18)20)10-11-4-2-1-3-5-11/h1-10H. The highest BCUT2D eigenvalue weighted by molar-refractivity contribution is 8.27. The summed E-state index contributed by atoms with van der Waals surface area (Å²) in [7, 11) is 0. The molecule has 1 fully saturated rings. The number of thiocarbonyl (C=S) groups is 1. The van der Waals surface area contributed by atoms with Crippen molar-refractivity contribution in [2.24, 2.45) is 0 Å². The van der Waals surface area contributed by atoms with Crippen LogP contribution in [0.25, 0.3) is 6.08 Å². The molecule has 0 aliphatic carbocycles. The molecule has 0 atom stereocenters. The molecule has 1 saturated heterocycles. The molecular weight excluding hydrogens is 322 g/mol. The Morgan fingerprint density at radius 3 is 2.38 bits per heavy atom. The Bertz CT molecular complexity index is 726. The average Bonchev–Trinajstić information content (AvgIpc) is 2.76. The Kier molecular flexibility index (Phi) is 4.10. The summed E-state index contributed by atoms with van der Waals surface area (Å²) in [6, 6.07) is 16.8. The third kappa shape index (κ3) is 3.02. The fraction of sp³-hybridized carbons (Fsp3) is 0. The molecule has 0 spiro atoms. The van der Waals surface area contributed by atoms with Gasteiger partial charge in [-0.3, -0.25) is 9.69 Å². The topological polar surface area (TPSA) is 20.3 Å². The minimum atomic E-state index is -0.101. The maximum Gasteiger partial charge on any atom is 0.270 e. The predicted molar refractivity (Wildman–Crippen MR) is 93.5 cm³/mol. The molecular formula is C16H10ClNOS2. The van der Waals surface area contributed by atoms with Crippen LogP contribution in [0.3, 0.4) is 0 Å². The molecule has 0 radical (unpaired) electrons. The third-order valence-electron chi connectivity index (χ3n) is 2.98. The van der Waals surface area contributed by atoms with E-state index in [2.05, 4.69) is 0 Å². The van der Waals surface area contributed by atoms with E-state index in [9.17, 15) is 4.79 Å². The first-order valence-corrected chi connectivity index (χ1v) is 7.84. The molecule has 1 aliphatic rings. The minimum Gasteiger partial charge on any atom is -0.268 e. The summed E-state index contributed by atoms with van der Waals surface area (Å²) in [5.41, 5.74) is 1.72. The highest BCUT2D eigenvalue weighted by Gasteiger charge is 2.33. The lowest BCUT2D eigenvalue weighted by atomic mass is 10.2. The van der Waals surface area contributed by atoms with Crippen LogP contribution in [0.1, 0.15) is 5.56 Å². The number of nitrogens with zero attached hydrogens (tertiary/aromatic N) is 1. The van der Waals surface area contributed by atoms with Gasteiger partial charge in [0.25, 0.3) is 5.91 Å². The fourth-order valence-electron chi connectivity index (χ4n) is 1.98. The Morgan fingerprint density at radius 2 is 1.71 bits per heavy atom. The van der Waals surface area contributed by atoms with E-state index in [0.717, 1.165) is 11.3 Å². The van der Waals surface area contributed by atoms with Crippen molar-refractivity contribution < 1.29 is 4.79 Å². The van der Waals surface area contributed by atoms with Crippen LogP contribution < -0.4 is 4.90 Å². The molecule has 0 unspecified atom stereocenters. The molecule has 1 amide bonds. The van der Waals surface area contributed by atoms with Crippen molar-refractivity contribution in [2.45, 2.75) is 0 Å². The van der Waals surface area contributed by atoms with Gasteiger partial charge in [0, 0.05) is 5.02 Å². The molecule has 2 aromatic carbocycles. The normalized spacial score (nSPS) is 16.8. The first kappa shape index (κ1) is 14.3. The largest absolute Gasteiger partial charge is 0.270 e. The molecule has 0 saturated carbocycles. The zero-order valence-electron chi connectivity index (χ0n) is 10.8. The van der Waals surface area contributed by atoms with Crippen molar-refractivity contribution in [3.63, 3.8) is 0 Å². The van der Waals surface area contributed by atoms with Crippen molar-refractivity contribution in [3.05, 3.63) is 70.1 Å². The zero-order chi connectivity index (χ0) is 14.8. The van der Waals surface area contributed by atoms with Crippen molar-refractivity contribution >= 4 is 57.6 Å². The summed E-state index contributed by atoms with van der Waals surface area (Å²) in [6.45, 7) is 0. The van der Waals surface area contributed by atoms with Gasteiger partial charge in [-0.05, 0) is 35.9 Å². The van der Waals surface area contributed by atoms with E-state index in [1.54, 1.807) is 24.3 Å². The Labute approximate surface area is 137 Å². The number of hydrogen-bond acceptors (Lipinski definition) is 3. The van der Waals surface area contributed by atoms with Gasteiger partial charge >= 0.3 is 0 Å². The second-order valence-corrected chi connectivity index (χ2v) is 6.52. The zero-order valence-corrected chi connectivity index (χ0v) is 13.2. The highest BCUT2D eigenvalue weighted by atomic mass is 35.5. The molecule has 21 heavy (non-hydrogen) atoms. The van der Waals surface area contributed by atoms with Crippen LogP contribution in [0.15, 0.2) is 59.5 Å². The summed E-state index contributed by atoms with van der Waals surface area (Å²) < 4.78 is 0.532. The van der Waals surface area contributed by atoms with Crippen molar-refractivity contribution in [3.8, 4) is 0 Å². The number of anilines is 1. The molecule has 2 aromatic rings. The fourth-order valence-corrected chi connectivity index (χ4v) is 3.41. The lowest BCUT2D eigenvalue weighted by Crippen LogP contribution is -2.27. The number of hydrogen-bond donors (Lipinski definition) is 0. The molecule has 0 N–H and O–H groups in total. The van der Waals surface area contributed by atoms with E-state index < -0.39 is 0 Å². The number of carbonyl (C=O) groups is 1. The second kappa shape index (κ2) is 6.02. The lowest BCUT2D eigenvalue weighted by molar-refractivity contribution is -0.113. The predicted octanol–water partition coefficient (Wildman–Crippen LogP) is 4.75. The van der Waals surface area contributed by atoms with E-state index in [1.807, 2.05) is 36.4 Å². The van der Waals surface area contributed by atoms with Gasteiger partial charge in [-0.1, -0.05) is 65.9 Å². The Balaban J connectivity index is 1.92. The van der Waals surface area contributed by atoms with Crippen LogP contribution in [0.2, 0.25) is 5.02 Å². The first-order chi connectivity index (χ1) is 10.1. The summed E-state index contributed by atoms with van der Waals surface area (Å²) in [6.07, 6.45) is 1.86. The third-order valence-corrected chi connectivity index (χ3v) is 4.53. The van der Waals surface area contributed by atoms with E-state index in [0.29, 0.717) is 14.2 Å². The summed E-state index contributed by atoms with van der Waals surface area (Å²) in [5.74, 6) is -0.101. The van der Waals surface area contributed by atoms with Crippen LogP contribution in [-0.4, -0.2) is 10.2 Å². The second-order valence-electron chi connectivity index (χ2n) is 4.40. The number of rotatable bonds is 2. The quantitative estimate of drug-likeness (QED) is 0.585. The number of amides is 1. The van der Waals surface area contributed by atoms with E-state index in [1.165, 1.54) is 16.7 Å². The first-order valence-electron chi connectivity index (χ1n) is 6.24. The number of carbonyl (C=O) groups excluding carboxylic acids is 1. The number of halogens is 1. The molecule has 5 heteroatoms. The lowest BCUT2D eigenvalue weighted by Gasteiger charge is -2.14. The smallest absolute Gasteiger partial charge is 0.268 e. The molecule has 0 aromatic heterocycles. The van der Waals surface area contributed by atoms with Crippen LogP contribution in [-0.2, 0) is 4.79 Å². The Morgan fingerprint density at radius 1 is 1.05 bits per heavy atom. The molecule has 2 nitrogen and oxygen atoms in total. The number of benzene rings is 2. The molecule has 0 bridgehead atoms. The SMILES string of the molecule is O=C1C(=Cc2ccccc2)SC(=S)N1c1ccc(Cl)cc1. The average molecular weight is 332 g/mol. The molecule has 3 rings (SSSR count). The van der Waals surface area contributed by atoms with E-state index in [-0.39, 0.29) is 5.91 Å². The van der Waals surface area contributed by atoms with Crippen LogP contribution in [0.5, 0.6) is 0 Å². The van der Waals surface area contributed by atoms with Gasteiger partial charge in [-0.15, -0.1) is 0 Å². The van der Waals surface area contributed by atoms with Gasteiger partial charge in [0.05, 0.1) is 10.6 Å². The summed E-state index contributed by atoms with van der Waals surface area (Å²) >= 11 is 12.5. The van der Waals surface area contributed by atoms with Gasteiger partial charge in [-0.25, -0.2) is 0 Å². The Hall–Kier alpha value is -1.62. The van der Waals surface area contributed by atoms with Gasteiger partial charge in [-0.2, -0.15) is 0 Å². The maximum atomic E-state index is 12.5. The summed E-state index contributed by atoms with van der Waals surface area (Å²) in [4.78, 5) is 14.7. The van der Waals surface area contributed by atoms with Gasteiger partial charge in [0.1, 0.15) is 0 Å². The van der Waals surface area contributed by atoms with E-state index in [4.69, 9.17) is 23.8 Å². The summed E-state index contributed by atoms with van der Waals surface area (Å²) in [5, 5.41) is 0.629. The van der Waals surface area contributed by atoms with Crippen LogP contribution in [0.4, 0.5) is 5.69 Å². The molecule has 1 heterocycles. The molecule has 104 valence electrons. The van der Waals surface area contributed by atoms with E-state index >= 15 is 0 Å². The monoisotopic (exact) mass is 331 g/mol. The minimum absolute atomic E-state index is 0.101. The molecule has 1 aliphatic heterocycles. The van der Waals surface area contributed by atoms with Crippen molar-refractivity contribution in [1.82, 2.24) is 0 Å². The van der Waals surface area contributed by atoms with Crippen LogP contribution >= 0.6 is 35.6 Å². The van der Waals surface area contributed by atoms with Crippen molar-refractivity contribution in [2.75, 3.05) is 4.90 Å². The van der Waals surface area contributed by atoms with Gasteiger partial charge in [0.2, 0.25) is 0 Å². The van der Waals surface area contributed by atoms with Crippen molar-refractivity contribution in [1.29, 1.82) is 0 Å².